The highest BCUT2D eigenvalue weighted by molar-refractivity contribution is 5.96. The molecule has 20 heavy (non-hydrogen) atoms. The minimum Gasteiger partial charge on any atom is -0.497 e. The van der Waals surface area contributed by atoms with E-state index < -0.39 is 0 Å². The van der Waals surface area contributed by atoms with Gasteiger partial charge in [-0.2, -0.15) is 5.10 Å². The Morgan fingerprint density at radius 1 is 1.20 bits per heavy atom. The molecule has 0 amide bonds. The number of benzene rings is 1. The van der Waals surface area contributed by atoms with Crippen LogP contribution >= 0.6 is 0 Å². The molecule has 0 aliphatic heterocycles. The van der Waals surface area contributed by atoms with E-state index in [2.05, 4.69) is 25.0 Å². The van der Waals surface area contributed by atoms with Gasteiger partial charge in [0.1, 0.15) is 12.3 Å². The molecule has 4 heteroatoms. The number of ether oxygens (including phenoxy) is 1. The number of carbonyl (C=O) groups excluding carboxylic acids is 1. The van der Waals surface area contributed by atoms with Gasteiger partial charge in [-0.25, -0.2) is 0 Å². The highest BCUT2D eigenvalue weighted by Gasteiger charge is 2.11. The fourth-order valence-corrected chi connectivity index (χ4v) is 2.11. The molecule has 1 aromatic carbocycles. The van der Waals surface area contributed by atoms with Gasteiger partial charge in [0.2, 0.25) is 0 Å². The van der Waals surface area contributed by atoms with Gasteiger partial charge in [0.15, 0.2) is 5.78 Å². The van der Waals surface area contributed by atoms with Crippen LogP contribution in [0.1, 0.15) is 35.6 Å². The standard InChI is InChI=1S/C16H20N2O2/c1-4-13-10-14(5-2)18(17-13)11-16(19)12-6-8-15(20-3)9-7-12/h6-10H,4-5,11H2,1-3H3. The Balaban J connectivity index is 2.15. The van der Waals surface area contributed by atoms with Gasteiger partial charge in [0, 0.05) is 11.3 Å². The first-order valence-corrected chi connectivity index (χ1v) is 6.90. The van der Waals surface area contributed by atoms with Gasteiger partial charge in [-0.1, -0.05) is 13.8 Å². The van der Waals surface area contributed by atoms with E-state index in [0.717, 1.165) is 30.0 Å². The van der Waals surface area contributed by atoms with E-state index >= 15 is 0 Å². The van der Waals surface area contributed by atoms with E-state index in [1.165, 1.54) is 0 Å². The van der Waals surface area contributed by atoms with E-state index in [9.17, 15) is 4.79 Å². The minimum absolute atomic E-state index is 0.0631. The van der Waals surface area contributed by atoms with E-state index in [4.69, 9.17) is 4.74 Å². The summed E-state index contributed by atoms with van der Waals surface area (Å²) >= 11 is 0. The number of aromatic nitrogens is 2. The smallest absolute Gasteiger partial charge is 0.184 e. The molecule has 0 unspecified atom stereocenters. The average Bonchev–Trinajstić information content (AvgIpc) is 2.89. The van der Waals surface area contributed by atoms with Crippen molar-refractivity contribution in [1.82, 2.24) is 9.78 Å². The number of ketones is 1. The molecular formula is C16H20N2O2. The maximum atomic E-state index is 12.3. The van der Waals surface area contributed by atoms with Crippen LogP contribution in [0.2, 0.25) is 0 Å². The van der Waals surface area contributed by atoms with Crippen molar-refractivity contribution in [3.8, 4) is 5.75 Å². The summed E-state index contributed by atoms with van der Waals surface area (Å²) in [6, 6.07) is 9.25. The topological polar surface area (TPSA) is 44.1 Å². The fourth-order valence-electron chi connectivity index (χ4n) is 2.11. The molecule has 2 rings (SSSR count). The Morgan fingerprint density at radius 3 is 2.45 bits per heavy atom. The van der Waals surface area contributed by atoms with Crippen LogP contribution in [0.3, 0.4) is 0 Å². The molecule has 4 nitrogen and oxygen atoms in total. The molecule has 0 aliphatic rings. The molecule has 0 saturated carbocycles. The number of hydrogen-bond donors (Lipinski definition) is 0. The summed E-state index contributed by atoms with van der Waals surface area (Å²) in [4.78, 5) is 12.3. The molecular weight excluding hydrogens is 252 g/mol. The summed E-state index contributed by atoms with van der Waals surface area (Å²) in [6.07, 6.45) is 1.76. The van der Waals surface area contributed by atoms with Gasteiger partial charge in [0.25, 0.3) is 0 Å². The Hall–Kier alpha value is -2.10. The van der Waals surface area contributed by atoms with Crippen LogP contribution in [0.25, 0.3) is 0 Å². The van der Waals surface area contributed by atoms with Crippen LogP contribution in [0, 0.1) is 0 Å². The number of aryl methyl sites for hydroxylation is 2. The van der Waals surface area contributed by atoms with Gasteiger partial charge >= 0.3 is 0 Å². The zero-order valence-electron chi connectivity index (χ0n) is 12.2. The summed E-state index contributed by atoms with van der Waals surface area (Å²) in [5.41, 5.74) is 2.81. The fraction of sp³-hybridized carbons (Fsp3) is 0.375. The van der Waals surface area contributed by atoms with Crippen molar-refractivity contribution in [2.45, 2.75) is 33.2 Å². The summed E-state index contributed by atoms with van der Waals surface area (Å²) in [7, 11) is 1.61. The monoisotopic (exact) mass is 272 g/mol. The summed E-state index contributed by atoms with van der Waals surface area (Å²) in [5, 5.41) is 4.47. The van der Waals surface area contributed by atoms with Crippen molar-refractivity contribution in [1.29, 1.82) is 0 Å². The van der Waals surface area contributed by atoms with E-state index in [0.29, 0.717) is 5.56 Å². The Morgan fingerprint density at radius 2 is 1.90 bits per heavy atom. The summed E-state index contributed by atoms with van der Waals surface area (Å²) in [6.45, 7) is 4.43. The van der Waals surface area contributed by atoms with Crippen molar-refractivity contribution in [3.63, 3.8) is 0 Å². The molecule has 0 spiro atoms. The second-order valence-corrected chi connectivity index (χ2v) is 4.64. The van der Waals surface area contributed by atoms with E-state index in [-0.39, 0.29) is 12.3 Å². The minimum atomic E-state index is 0.0631. The van der Waals surface area contributed by atoms with Crippen LogP contribution in [-0.2, 0) is 19.4 Å². The molecule has 0 fully saturated rings. The lowest BCUT2D eigenvalue weighted by atomic mass is 10.1. The van der Waals surface area contributed by atoms with Crippen LogP contribution < -0.4 is 4.74 Å². The Labute approximate surface area is 119 Å². The molecule has 0 saturated heterocycles. The highest BCUT2D eigenvalue weighted by atomic mass is 16.5. The Bertz CT molecular complexity index is 585. The molecule has 106 valence electrons. The molecule has 0 radical (unpaired) electrons. The molecule has 0 atom stereocenters. The van der Waals surface area contributed by atoms with Crippen molar-refractivity contribution >= 4 is 5.78 Å². The number of carbonyl (C=O) groups is 1. The lowest BCUT2D eigenvalue weighted by Gasteiger charge is -2.06. The second-order valence-electron chi connectivity index (χ2n) is 4.64. The SMILES string of the molecule is CCc1cc(CC)n(CC(=O)c2ccc(OC)cc2)n1. The van der Waals surface area contributed by atoms with Crippen molar-refractivity contribution in [2.24, 2.45) is 0 Å². The van der Waals surface area contributed by atoms with Gasteiger partial charge in [0.05, 0.1) is 12.8 Å². The quantitative estimate of drug-likeness (QED) is 0.759. The predicted octanol–water partition coefficient (Wildman–Crippen LogP) is 2.90. The van der Waals surface area contributed by atoms with Gasteiger partial charge in [-0.05, 0) is 43.2 Å². The third-order valence-corrected chi connectivity index (χ3v) is 3.34. The maximum Gasteiger partial charge on any atom is 0.184 e. The number of hydrogen-bond acceptors (Lipinski definition) is 3. The first-order chi connectivity index (χ1) is 9.67. The highest BCUT2D eigenvalue weighted by Crippen LogP contribution is 2.13. The molecule has 1 heterocycles. The van der Waals surface area contributed by atoms with Crippen LogP contribution in [-0.4, -0.2) is 22.7 Å². The number of nitrogens with zero attached hydrogens (tertiary/aromatic N) is 2. The summed E-state index contributed by atoms with van der Waals surface area (Å²) in [5.74, 6) is 0.816. The molecule has 2 aromatic rings. The summed E-state index contributed by atoms with van der Waals surface area (Å²) < 4.78 is 6.90. The maximum absolute atomic E-state index is 12.3. The number of rotatable bonds is 6. The van der Waals surface area contributed by atoms with Crippen molar-refractivity contribution in [3.05, 3.63) is 47.3 Å². The number of Topliss-reactive ketones (excluding diaryl/α,β-unsaturated/α-hetero) is 1. The Kier molecular flexibility index (Phi) is 4.56. The average molecular weight is 272 g/mol. The first kappa shape index (κ1) is 14.3. The predicted molar refractivity (Wildman–Crippen MR) is 78.3 cm³/mol. The molecule has 0 N–H and O–H groups in total. The van der Waals surface area contributed by atoms with Crippen LogP contribution in [0.15, 0.2) is 30.3 Å². The lowest BCUT2D eigenvalue weighted by molar-refractivity contribution is 0.0966. The van der Waals surface area contributed by atoms with Gasteiger partial charge in [-0.3, -0.25) is 9.48 Å². The largest absolute Gasteiger partial charge is 0.497 e. The van der Waals surface area contributed by atoms with Crippen LogP contribution in [0.4, 0.5) is 0 Å². The third-order valence-electron chi connectivity index (χ3n) is 3.34. The normalized spacial score (nSPS) is 10.6. The second kappa shape index (κ2) is 6.37. The third kappa shape index (κ3) is 3.07. The van der Waals surface area contributed by atoms with Crippen molar-refractivity contribution in [2.75, 3.05) is 7.11 Å². The first-order valence-electron chi connectivity index (χ1n) is 6.90. The lowest BCUT2D eigenvalue weighted by Crippen LogP contribution is -2.14. The van der Waals surface area contributed by atoms with E-state index in [1.807, 2.05) is 4.68 Å². The van der Waals surface area contributed by atoms with Crippen molar-refractivity contribution < 1.29 is 9.53 Å². The van der Waals surface area contributed by atoms with Crippen LogP contribution in [0.5, 0.6) is 5.75 Å². The molecule has 0 bridgehead atoms. The van der Waals surface area contributed by atoms with E-state index in [1.54, 1.807) is 31.4 Å². The molecule has 0 aliphatic carbocycles. The van der Waals surface area contributed by atoms with Gasteiger partial charge in [-0.15, -0.1) is 0 Å². The molecule has 1 aromatic heterocycles. The zero-order chi connectivity index (χ0) is 14.5. The number of methoxy groups -OCH3 is 1. The zero-order valence-corrected chi connectivity index (χ0v) is 12.2. The van der Waals surface area contributed by atoms with Gasteiger partial charge < -0.3 is 4.74 Å².